The van der Waals surface area contributed by atoms with Gasteiger partial charge < -0.3 is 10.5 Å². The molecule has 0 fully saturated rings. The molecule has 1 heterocycles. The normalized spacial score (nSPS) is 16.6. The quantitative estimate of drug-likeness (QED) is 0.777. The Hall–Kier alpha value is -2.10. The molecular formula is C20H29N3O. The Morgan fingerprint density at radius 1 is 1.38 bits per heavy atom. The first-order valence-electron chi connectivity index (χ1n) is 8.86. The van der Waals surface area contributed by atoms with Crippen LogP contribution in [0.15, 0.2) is 41.9 Å². The van der Waals surface area contributed by atoms with Gasteiger partial charge in [-0.2, -0.15) is 4.98 Å². The Morgan fingerprint density at radius 2 is 2.17 bits per heavy atom. The highest BCUT2D eigenvalue weighted by Crippen LogP contribution is 2.25. The summed E-state index contributed by atoms with van der Waals surface area (Å²) in [7, 11) is 0. The number of allylic oxidation sites excluding steroid dienone is 5. The molecule has 0 aliphatic heterocycles. The molecule has 0 bridgehead atoms. The van der Waals surface area contributed by atoms with Gasteiger partial charge in [-0.05, 0) is 36.3 Å². The molecule has 0 saturated heterocycles. The van der Waals surface area contributed by atoms with Gasteiger partial charge in [0.05, 0.1) is 0 Å². The Balaban J connectivity index is 2.22. The molecule has 1 aliphatic rings. The first-order chi connectivity index (χ1) is 11.5. The molecule has 24 heavy (non-hydrogen) atoms. The topological polar surface area (TPSA) is 61.0 Å². The summed E-state index contributed by atoms with van der Waals surface area (Å²) in [6.07, 6.45) is 11.8. The monoisotopic (exact) mass is 327 g/mol. The summed E-state index contributed by atoms with van der Waals surface area (Å²) >= 11 is 0. The van der Waals surface area contributed by atoms with E-state index in [9.17, 15) is 0 Å². The predicted octanol–water partition coefficient (Wildman–Crippen LogP) is 4.85. The Morgan fingerprint density at radius 3 is 2.83 bits per heavy atom. The first kappa shape index (κ1) is 18.2. The van der Waals surface area contributed by atoms with Crippen LogP contribution in [0, 0.1) is 11.8 Å². The van der Waals surface area contributed by atoms with Gasteiger partial charge in [0.15, 0.2) is 5.82 Å². The van der Waals surface area contributed by atoms with E-state index in [0.29, 0.717) is 17.7 Å². The summed E-state index contributed by atoms with van der Waals surface area (Å²) in [4.78, 5) is 9.10. The minimum atomic E-state index is 0.461. The van der Waals surface area contributed by atoms with Crippen molar-refractivity contribution in [2.75, 3.05) is 0 Å². The van der Waals surface area contributed by atoms with Gasteiger partial charge in [-0.25, -0.2) is 4.98 Å². The SMILES string of the molecule is CCC(C)C/C(=C\C(C)C)c1nccc(OC2=CC(N)=CCC2)n1. The van der Waals surface area contributed by atoms with Crippen molar-refractivity contribution in [2.45, 2.75) is 53.4 Å². The molecule has 1 aromatic rings. The van der Waals surface area contributed by atoms with Gasteiger partial charge in [0.25, 0.3) is 0 Å². The van der Waals surface area contributed by atoms with Gasteiger partial charge >= 0.3 is 0 Å². The molecule has 4 heteroatoms. The van der Waals surface area contributed by atoms with Crippen molar-refractivity contribution >= 4 is 5.57 Å². The zero-order chi connectivity index (χ0) is 17.5. The summed E-state index contributed by atoms with van der Waals surface area (Å²) in [5.41, 5.74) is 7.79. The average Bonchev–Trinajstić information content (AvgIpc) is 2.54. The van der Waals surface area contributed by atoms with E-state index >= 15 is 0 Å². The highest BCUT2D eigenvalue weighted by Gasteiger charge is 2.13. The van der Waals surface area contributed by atoms with E-state index in [4.69, 9.17) is 10.5 Å². The summed E-state index contributed by atoms with van der Waals surface area (Å²) in [6, 6.07) is 1.80. The minimum absolute atomic E-state index is 0.461. The minimum Gasteiger partial charge on any atom is -0.443 e. The molecule has 1 unspecified atom stereocenters. The predicted molar refractivity (Wildman–Crippen MR) is 99.1 cm³/mol. The van der Waals surface area contributed by atoms with Crippen LogP contribution in [-0.4, -0.2) is 9.97 Å². The van der Waals surface area contributed by atoms with E-state index in [1.54, 1.807) is 12.3 Å². The van der Waals surface area contributed by atoms with Gasteiger partial charge in [-0.15, -0.1) is 0 Å². The van der Waals surface area contributed by atoms with Crippen LogP contribution in [0.5, 0.6) is 5.88 Å². The number of rotatable bonds is 7. The lowest BCUT2D eigenvalue weighted by Gasteiger charge is -2.15. The summed E-state index contributed by atoms with van der Waals surface area (Å²) in [5, 5.41) is 0. The van der Waals surface area contributed by atoms with Crippen LogP contribution < -0.4 is 10.5 Å². The van der Waals surface area contributed by atoms with Crippen molar-refractivity contribution in [3.63, 3.8) is 0 Å². The molecular weight excluding hydrogens is 298 g/mol. The van der Waals surface area contributed by atoms with Crippen LogP contribution in [0.1, 0.15) is 59.2 Å². The highest BCUT2D eigenvalue weighted by molar-refractivity contribution is 5.60. The number of hydrogen-bond donors (Lipinski definition) is 1. The molecule has 0 saturated carbocycles. The van der Waals surface area contributed by atoms with Gasteiger partial charge in [0, 0.05) is 24.4 Å². The maximum absolute atomic E-state index is 5.91. The van der Waals surface area contributed by atoms with Gasteiger partial charge in [0.1, 0.15) is 5.76 Å². The van der Waals surface area contributed by atoms with E-state index in [2.05, 4.69) is 43.7 Å². The lowest BCUT2D eigenvalue weighted by Crippen LogP contribution is -2.07. The lowest BCUT2D eigenvalue weighted by atomic mass is 9.96. The van der Waals surface area contributed by atoms with Crippen molar-refractivity contribution in [3.8, 4) is 5.88 Å². The zero-order valence-corrected chi connectivity index (χ0v) is 15.2. The molecule has 0 aromatic carbocycles. The van der Waals surface area contributed by atoms with Crippen molar-refractivity contribution < 1.29 is 4.74 Å². The van der Waals surface area contributed by atoms with E-state index in [1.807, 2.05) is 12.2 Å². The van der Waals surface area contributed by atoms with E-state index in [0.717, 1.165) is 43.0 Å². The Kier molecular flexibility index (Phi) is 6.59. The van der Waals surface area contributed by atoms with Crippen LogP contribution in [-0.2, 0) is 0 Å². The largest absolute Gasteiger partial charge is 0.443 e. The second kappa shape index (κ2) is 8.67. The number of hydrogen-bond acceptors (Lipinski definition) is 4. The highest BCUT2D eigenvalue weighted by atomic mass is 16.5. The van der Waals surface area contributed by atoms with E-state index in [1.165, 1.54) is 5.57 Å². The number of nitrogens with zero attached hydrogens (tertiary/aromatic N) is 2. The number of aromatic nitrogens is 2. The fraction of sp³-hybridized carbons (Fsp3) is 0.500. The third-order valence-corrected chi connectivity index (χ3v) is 4.05. The molecule has 0 spiro atoms. The van der Waals surface area contributed by atoms with Crippen molar-refractivity contribution in [1.29, 1.82) is 0 Å². The summed E-state index contributed by atoms with van der Waals surface area (Å²) < 4.78 is 5.91. The van der Waals surface area contributed by atoms with E-state index in [-0.39, 0.29) is 0 Å². The molecule has 2 rings (SSSR count). The van der Waals surface area contributed by atoms with Gasteiger partial charge in [0.2, 0.25) is 5.88 Å². The van der Waals surface area contributed by atoms with Crippen LogP contribution in [0.25, 0.3) is 5.57 Å². The average molecular weight is 327 g/mol. The molecule has 0 radical (unpaired) electrons. The Bertz CT molecular complexity index is 644. The lowest BCUT2D eigenvalue weighted by molar-refractivity contribution is 0.385. The third-order valence-electron chi connectivity index (χ3n) is 4.05. The molecule has 4 nitrogen and oxygen atoms in total. The number of nitrogens with two attached hydrogens (primary N) is 1. The second-order valence-corrected chi connectivity index (χ2v) is 6.83. The molecule has 0 amide bonds. The molecule has 130 valence electrons. The van der Waals surface area contributed by atoms with Crippen LogP contribution >= 0.6 is 0 Å². The molecule has 1 atom stereocenters. The second-order valence-electron chi connectivity index (χ2n) is 6.83. The molecule has 1 aromatic heterocycles. The fourth-order valence-electron chi connectivity index (χ4n) is 2.62. The maximum atomic E-state index is 5.91. The van der Waals surface area contributed by atoms with Crippen molar-refractivity contribution in [1.82, 2.24) is 9.97 Å². The smallest absolute Gasteiger partial charge is 0.222 e. The van der Waals surface area contributed by atoms with E-state index < -0.39 is 0 Å². The maximum Gasteiger partial charge on any atom is 0.222 e. The summed E-state index contributed by atoms with van der Waals surface area (Å²) in [5.74, 6) is 3.27. The van der Waals surface area contributed by atoms with Crippen molar-refractivity contribution in [2.24, 2.45) is 17.6 Å². The van der Waals surface area contributed by atoms with Gasteiger partial charge in [-0.1, -0.05) is 46.3 Å². The zero-order valence-electron chi connectivity index (χ0n) is 15.2. The van der Waals surface area contributed by atoms with Gasteiger partial charge in [-0.3, -0.25) is 0 Å². The standard InChI is InChI=1S/C20H29N3O/c1-5-15(4)12-16(11-14(2)3)20-22-10-9-19(23-20)24-18-8-6-7-17(21)13-18/h7,9-11,13-15H,5-6,8,12,21H2,1-4H3/b16-11+. The summed E-state index contributed by atoms with van der Waals surface area (Å²) in [6.45, 7) is 8.83. The van der Waals surface area contributed by atoms with Crippen LogP contribution in [0.4, 0.5) is 0 Å². The molecule has 1 aliphatic carbocycles. The van der Waals surface area contributed by atoms with Crippen LogP contribution in [0.2, 0.25) is 0 Å². The van der Waals surface area contributed by atoms with Crippen LogP contribution in [0.3, 0.4) is 0 Å². The fourth-order valence-corrected chi connectivity index (χ4v) is 2.62. The third kappa shape index (κ3) is 5.52. The molecule has 2 N–H and O–H groups in total. The number of ether oxygens (including phenoxy) is 1. The van der Waals surface area contributed by atoms with Crippen molar-refractivity contribution in [3.05, 3.63) is 47.8 Å². The first-order valence-corrected chi connectivity index (χ1v) is 8.86. The Labute approximate surface area is 145 Å².